The van der Waals surface area contributed by atoms with Crippen LogP contribution in [0.5, 0.6) is 0 Å². The molecule has 0 radical (unpaired) electrons. The van der Waals surface area contributed by atoms with Gasteiger partial charge < -0.3 is 25.4 Å². The number of carbonyl (C=O) groups is 3. The molecule has 0 aromatic heterocycles. The normalized spacial score (nSPS) is 30.6. The lowest BCUT2D eigenvalue weighted by Gasteiger charge is -2.37. The van der Waals surface area contributed by atoms with Crippen molar-refractivity contribution in [1.29, 1.82) is 0 Å². The molecular formula is C33H35N3O5. The maximum Gasteiger partial charge on any atom is 0.246 e. The van der Waals surface area contributed by atoms with E-state index in [-0.39, 0.29) is 36.8 Å². The highest BCUT2D eigenvalue weighted by Gasteiger charge is 2.80. The molecule has 3 saturated heterocycles. The lowest BCUT2D eigenvalue weighted by Crippen LogP contribution is -2.56. The van der Waals surface area contributed by atoms with Crippen molar-refractivity contribution >= 4 is 23.4 Å². The Labute approximate surface area is 239 Å². The third kappa shape index (κ3) is 4.33. The minimum Gasteiger partial charge on any atom is -0.394 e. The summed E-state index contributed by atoms with van der Waals surface area (Å²) in [5.74, 6) is -2.81. The molecule has 3 N–H and O–H groups in total. The molecule has 0 aliphatic carbocycles. The van der Waals surface area contributed by atoms with Crippen LogP contribution in [-0.4, -0.2) is 51.6 Å². The van der Waals surface area contributed by atoms with E-state index in [0.29, 0.717) is 17.7 Å². The summed E-state index contributed by atoms with van der Waals surface area (Å²) in [4.78, 5) is 44.1. The van der Waals surface area contributed by atoms with E-state index in [2.05, 4.69) is 10.6 Å². The number of ether oxygens (including phenoxy) is 1. The van der Waals surface area contributed by atoms with Gasteiger partial charge in [0.25, 0.3) is 0 Å². The van der Waals surface area contributed by atoms with Crippen molar-refractivity contribution in [3.05, 3.63) is 102 Å². The summed E-state index contributed by atoms with van der Waals surface area (Å²) in [5.41, 5.74) is 0.101. The second kappa shape index (κ2) is 10.4. The average Bonchev–Trinajstić information content (AvgIpc) is 3.50. The van der Waals surface area contributed by atoms with Crippen molar-refractivity contribution in [3.63, 3.8) is 0 Å². The van der Waals surface area contributed by atoms with Gasteiger partial charge in [-0.2, -0.15) is 0 Å². The summed E-state index contributed by atoms with van der Waals surface area (Å²) in [7, 11) is 0. The number of fused-ring (bicyclic) bond motifs is 1. The van der Waals surface area contributed by atoms with E-state index in [1.54, 1.807) is 12.1 Å². The third-order valence-electron chi connectivity index (χ3n) is 9.33. The van der Waals surface area contributed by atoms with Gasteiger partial charge in [-0.25, -0.2) is 0 Å². The van der Waals surface area contributed by atoms with Crippen LogP contribution in [0.4, 0.5) is 5.69 Å². The number of aliphatic hydroxyl groups excluding tert-OH is 1. The van der Waals surface area contributed by atoms with Crippen LogP contribution in [0.1, 0.15) is 37.4 Å². The van der Waals surface area contributed by atoms with E-state index in [1.807, 2.05) is 92.7 Å². The lowest BCUT2D eigenvalue weighted by atomic mass is 9.62. The van der Waals surface area contributed by atoms with Gasteiger partial charge in [0.1, 0.15) is 11.6 Å². The van der Waals surface area contributed by atoms with Crippen molar-refractivity contribution in [2.24, 2.45) is 17.8 Å². The summed E-state index contributed by atoms with van der Waals surface area (Å²) >= 11 is 0. The van der Waals surface area contributed by atoms with Gasteiger partial charge in [-0.05, 0) is 42.5 Å². The zero-order valence-electron chi connectivity index (χ0n) is 23.2. The Bertz CT molecular complexity index is 1430. The first-order chi connectivity index (χ1) is 19.8. The van der Waals surface area contributed by atoms with E-state index >= 15 is 0 Å². The Hall–Kier alpha value is -4.01. The SMILES string of the molecule is CC1CC23O[C@@]1(C)[C@H](C(=O)Nc1ccccc1)[C@H]2C(=O)N([C@H](CO)c1ccccc1)C3C(=O)NCc1ccccc1. The summed E-state index contributed by atoms with van der Waals surface area (Å²) in [6, 6.07) is 26.1. The minimum atomic E-state index is -1.22. The summed E-state index contributed by atoms with van der Waals surface area (Å²) in [6.07, 6.45) is 0.446. The van der Waals surface area contributed by atoms with Crippen LogP contribution in [0, 0.1) is 17.8 Å². The fraction of sp³-hybridized carbons (Fsp3) is 0.364. The van der Waals surface area contributed by atoms with Crippen LogP contribution in [0.3, 0.4) is 0 Å². The first-order valence-corrected chi connectivity index (χ1v) is 14.2. The number of hydrogen-bond acceptors (Lipinski definition) is 5. The molecule has 3 aromatic carbocycles. The van der Waals surface area contributed by atoms with E-state index in [4.69, 9.17) is 4.74 Å². The number of carbonyl (C=O) groups excluding carboxylic acids is 3. The number of amides is 3. The molecule has 6 rings (SSSR count). The van der Waals surface area contributed by atoms with Gasteiger partial charge in [0.15, 0.2) is 0 Å². The maximum atomic E-state index is 14.5. The first kappa shape index (κ1) is 27.2. The summed E-state index contributed by atoms with van der Waals surface area (Å²) < 4.78 is 6.81. The van der Waals surface area contributed by atoms with Gasteiger partial charge >= 0.3 is 0 Å². The predicted octanol–water partition coefficient (Wildman–Crippen LogP) is 3.69. The highest BCUT2D eigenvalue weighted by Crippen LogP contribution is 2.66. The van der Waals surface area contributed by atoms with Crippen LogP contribution in [0.2, 0.25) is 0 Å². The lowest BCUT2D eigenvalue weighted by molar-refractivity contribution is -0.150. The summed E-state index contributed by atoms with van der Waals surface area (Å²) in [5, 5.41) is 16.6. The number of aliphatic hydroxyl groups is 1. The van der Waals surface area contributed by atoms with Crippen molar-refractivity contribution in [2.75, 3.05) is 11.9 Å². The number of hydrogen-bond donors (Lipinski definition) is 3. The van der Waals surface area contributed by atoms with Gasteiger partial charge in [-0.1, -0.05) is 85.8 Å². The average molecular weight is 554 g/mol. The second-order valence-corrected chi connectivity index (χ2v) is 11.6. The Kier molecular flexibility index (Phi) is 6.91. The molecule has 8 nitrogen and oxygen atoms in total. The van der Waals surface area contributed by atoms with Crippen molar-refractivity contribution in [1.82, 2.24) is 10.2 Å². The number of rotatable bonds is 8. The molecule has 2 bridgehead atoms. The number of benzene rings is 3. The number of likely N-dealkylation sites (tertiary alicyclic amines) is 1. The molecule has 7 atom stereocenters. The molecule has 41 heavy (non-hydrogen) atoms. The topological polar surface area (TPSA) is 108 Å². The van der Waals surface area contributed by atoms with E-state index < -0.39 is 35.1 Å². The fourth-order valence-electron chi connectivity index (χ4n) is 7.36. The Morgan fingerprint density at radius 2 is 1.59 bits per heavy atom. The van der Waals surface area contributed by atoms with E-state index in [9.17, 15) is 19.5 Å². The number of nitrogens with one attached hydrogen (secondary N) is 2. The molecule has 3 heterocycles. The predicted molar refractivity (Wildman–Crippen MR) is 153 cm³/mol. The molecule has 1 spiro atoms. The maximum absolute atomic E-state index is 14.5. The molecule has 8 heteroatoms. The van der Waals surface area contributed by atoms with Crippen LogP contribution >= 0.6 is 0 Å². The molecule has 3 aromatic rings. The molecule has 0 saturated carbocycles. The van der Waals surface area contributed by atoms with Crippen molar-refractivity contribution < 1.29 is 24.2 Å². The smallest absolute Gasteiger partial charge is 0.246 e. The molecule has 3 unspecified atom stereocenters. The highest BCUT2D eigenvalue weighted by molar-refractivity contribution is 6.02. The first-order valence-electron chi connectivity index (χ1n) is 14.2. The van der Waals surface area contributed by atoms with E-state index in [1.165, 1.54) is 4.90 Å². The highest BCUT2D eigenvalue weighted by atomic mass is 16.5. The summed E-state index contributed by atoms with van der Waals surface area (Å²) in [6.45, 7) is 3.80. The monoisotopic (exact) mass is 553 g/mol. The van der Waals surface area contributed by atoms with Gasteiger partial charge in [-0.3, -0.25) is 14.4 Å². The van der Waals surface area contributed by atoms with Gasteiger partial charge in [0, 0.05) is 12.2 Å². The van der Waals surface area contributed by atoms with Gasteiger partial charge in [0.2, 0.25) is 17.7 Å². The second-order valence-electron chi connectivity index (χ2n) is 11.6. The van der Waals surface area contributed by atoms with Crippen LogP contribution < -0.4 is 10.6 Å². The molecular weight excluding hydrogens is 518 g/mol. The molecule has 3 aliphatic heterocycles. The third-order valence-corrected chi connectivity index (χ3v) is 9.33. The number of nitrogens with zero attached hydrogens (tertiary/aromatic N) is 1. The molecule has 212 valence electrons. The van der Waals surface area contributed by atoms with Crippen molar-refractivity contribution in [3.8, 4) is 0 Å². The molecule has 3 fully saturated rings. The minimum absolute atomic E-state index is 0.0910. The van der Waals surface area contributed by atoms with E-state index in [0.717, 1.165) is 5.56 Å². The van der Waals surface area contributed by atoms with Crippen LogP contribution in [0.15, 0.2) is 91.0 Å². The Balaban J connectivity index is 1.41. The zero-order valence-corrected chi connectivity index (χ0v) is 23.2. The fourth-order valence-corrected chi connectivity index (χ4v) is 7.36. The largest absolute Gasteiger partial charge is 0.394 e. The van der Waals surface area contributed by atoms with Gasteiger partial charge in [-0.15, -0.1) is 0 Å². The van der Waals surface area contributed by atoms with Gasteiger partial charge in [0.05, 0.1) is 30.1 Å². The quantitative estimate of drug-likeness (QED) is 0.395. The zero-order chi connectivity index (χ0) is 28.8. The standard InChI is InChI=1S/C33H35N3O5/c1-21-18-33-27(26(32(21,2)41-33)29(38)35-24-16-10-5-11-17-24)31(40)36(25(20-37)23-14-8-4-9-15-23)28(33)30(39)34-19-22-12-6-3-7-13-22/h3-17,21,25-28,37H,18-20H2,1-2H3,(H,34,39)(H,35,38)/t21?,25-,26+,27+,28?,32-,33?/m1/s1. The number of para-hydroxylation sites is 1. The van der Waals surface area contributed by atoms with Crippen LogP contribution in [-0.2, 0) is 25.7 Å². The Morgan fingerprint density at radius 3 is 2.22 bits per heavy atom. The van der Waals surface area contributed by atoms with Crippen LogP contribution in [0.25, 0.3) is 0 Å². The number of anilines is 1. The Morgan fingerprint density at radius 1 is 0.976 bits per heavy atom. The molecule has 3 amide bonds. The molecule has 3 aliphatic rings. The van der Waals surface area contributed by atoms with Crippen molar-refractivity contribution in [2.45, 2.75) is 50.1 Å².